The van der Waals surface area contributed by atoms with E-state index in [0.717, 1.165) is 31.3 Å². The first kappa shape index (κ1) is 23.5. The Balaban J connectivity index is 0.00000338. The molecule has 0 atom stereocenters. The SMILES string of the molecule is CCNC(=NCCNS(=O)(=O)c1ccccc1)N1CCSC(C)(C)C1.I. The van der Waals surface area contributed by atoms with Gasteiger partial charge < -0.3 is 10.2 Å². The summed E-state index contributed by atoms with van der Waals surface area (Å²) in [4.78, 5) is 7.13. The van der Waals surface area contributed by atoms with Gasteiger partial charge in [0.15, 0.2) is 5.96 Å². The summed E-state index contributed by atoms with van der Waals surface area (Å²) in [5.41, 5.74) is 0. The highest BCUT2D eigenvalue weighted by molar-refractivity contribution is 14.0. The third-order valence-electron chi connectivity index (χ3n) is 3.78. The van der Waals surface area contributed by atoms with Crippen LogP contribution in [0.4, 0.5) is 0 Å². The van der Waals surface area contributed by atoms with Crippen LogP contribution < -0.4 is 10.0 Å². The number of nitrogens with zero attached hydrogens (tertiary/aromatic N) is 2. The molecule has 1 saturated heterocycles. The first-order chi connectivity index (χ1) is 11.8. The highest BCUT2D eigenvalue weighted by Crippen LogP contribution is 2.29. The molecule has 2 N–H and O–H groups in total. The summed E-state index contributed by atoms with van der Waals surface area (Å²) < 4.78 is 27.2. The maximum Gasteiger partial charge on any atom is 0.240 e. The molecule has 0 saturated carbocycles. The average Bonchev–Trinajstić information content (AvgIpc) is 2.57. The fourth-order valence-electron chi connectivity index (χ4n) is 2.65. The van der Waals surface area contributed by atoms with Gasteiger partial charge in [0.05, 0.1) is 11.4 Å². The largest absolute Gasteiger partial charge is 0.357 e. The summed E-state index contributed by atoms with van der Waals surface area (Å²) in [5, 5.41) is 3.31. The number of hydrogen-bond acceptors (Lipinski definition) is 4. The highest BCUT2D eigenvalue weighted by atomic mass is 127. The van der Waals surface area contributed by atoms with Crippen molar-refractivity contribution in [2.75, 3.05) is 38.5 Å². The summed E-state index contributed by atoms with van der Waals surface area (Å²) >= 11 is 1.97. The number of thioether (sulfide) groups is 1. The summed E-state index contributed by atoms with van der Waals surface area (Å²) in [6.45, 7) is 9.87. The standard InChI is InChI=1S/C17H28N4O2S2.HI/c1-4-18-16(21-12-13-24-17(2,3)14-21)19-10-11-20-25(22,23)15-8-6-5-7-9-15;/h5-9,20H,4,10-14H2,1-3H3,(H,18,19);1H. The molecule has 0 bridgehead atoms. The molecule has 1 aromatic carbocycles. The zero-order valence-electron chi connectivity index (χ0n) is 15.6. The van der Waals surface area contributed by atoms with E-state index in [2.05, 4.69) is 33.8 Å². The molecule has 26 heavy (non-hydrogen) atoms. The van der Waals surface area contributed by atoms with Crippen LogP contribution in [0.2, 0.25) is 0 Å². The minimum atomic E-state index is -3.47. The van der Waals surface area contributed by atoms with Gasteiger partial charge in [-0.2, -0.15) is 11.8 Å². The molecule has 1 fully saturated rings. The molecular weight excluding hydrogens is 483 g/mol. The van der Waals surface area contributed by atoms with Crippen molar-refractivity contribution < 1.29 is 8.42 Å². The van der Waals surface area contributed by atoms with Gasteiger partial charge in [-0.05, 0) is 32.9 Å². The highest BCUT2D eigenvalue weighted by Gasteiger charge is 2.28. The van der Waals surface area contributed by atoms with Crippen molar-refractivity contribution in [1.29, 1.82) is 0 Å². The second-order valence-electron chi connectivity index (χ2n) is 6.48. The van der Waals surface area contributed by atoms with Crippen LogP contribution in [0.25, 0.3) is 0 Å². The molecule has 2 rings (SSSR count). The lowest BCUT2D eigenvalue weighted by Crippen LogP contribution is -2.51. The quantitative estimate of drug-likeness (QED) is 0.265. The number of guanidine groups is 1. The monoisotopic (exact) mass is 512 g/mol. The smallest absolute Gasteiger partial charge is 0.240 e. The van der Waals surface area contributed by atoms with Crippen molar-refractivity contribution in [3.05, 3.63) is 30.3 Å². The molecule has 1 aromatic rings. The van der Waals surface area contributed by atoms with Crippen LogP contribution in [0.15, 0.2) is 40.2 Å². The Bertz CT molecular complexity index is 681. The molecule has 6 nitrogen and oxygen atoms in total. The molecule has 0 aromatic heterocycles. The molecule has 1 heterocycles. The van der Waals surface area contributed by atoms with Crippen molar-refractivity contribution in [2.45, 2.75) is 30.4 Å². The fraction of sp³-hybridized carbons (Fsp3) is 0.588. The van der Waals surface area contributed by atoms with E-state index in [0.29, 0.717) is 6.54 Å². The minimum absolute atomic E-state index is 0. The lowest BCUT2D eigenvalue weighted by atomic mass is 10.2. The molecule has 148 valence electrons. The second kappa shape index (κ2) is 10.7. The Hall–Kier alpha value is -0.520. The number of sulfonamides is 1. The first-order valence-electron chi connectivity index (χ1n) is 8.56. The molecule has 0 amide bonds. The zero-order chi connectivity index (χ0) is 18.3. The van der Waals surface area contributed by atoms with E-state index in [-0.39, 0.29) is 40.2 Å². The third kappa shape index (κ3) is 7.24. The van der Waals surface area contributed by atoms with Gasteiger partial charge in [0.1, 0.15) is 0 Å². The normalized spacial score (nSPS) is 17.5. The van der Waals surface area contributed by atoms with E-state index in [1.165, 1.54) is 0 Å². The van der Waals surface area contributed by atoms with Crippen molar-refractivity contribution in [2.24, 2.45) is 4.99 Å². The van der Waals surface area contributed by atoms with Crippen LogP contribution in [-0.2, 0) is 10.0 Å². The van der Waals surface area contributed by atoms with E-state index in [4.69, 9.17) is 0 Å². The molecule has 0 unspecified atom stereocenters. The van der Waals surface area contributed by atoms with Crippen LogP contribution in [-0.4, -0.2) is 62.5 Å². The van der Waals surface area contributed by atoms with E-state index >= 15 is 0 Å². The number of hydrogen-bond donors (Lipinski definition) is 2. The van der Waals surface area contributed by atoms with Gasteiger partial charge in [-0.15, -0.1) is 24.0 Å². The van der Waals surface area contributed by atoms with Gasteiger partial charge >= 0.3 is 0 Å². The molecule has 1 aliphatic rings. The van der Waals surface area contributed by atoms with Crippen molar-refractivity contribution in [1.82, 2.24) is 14.9 Å². The summed E-state index contributed by atoms with van der Waals surface area (Å²) in [7, 11) is -3.47. The van der Waals surface area contributed by atoms with Crippen LogP contribution in [0.5, 0.6) is 0 Å². The number of nitrogens with one attached hydrogen (secondary N) is 2. The Morgan fingerprint density at radius 2 is 2.00 bits per heavy atom. The Morgan fingerprint density at radius 1 is 1.31 bits per heavy atom. The Kier molecular flexibility index (Phi) is 9.70. The van der Waals surface area contributed by atoms with Gasteiger partial charge in [0.2, 0.25) is 10.0 Å². The van der Waals surface area contributed by atoms with Gasteiger partial charge in [-0.25, -0.2) is 13.1 Å². The van der Waals surface area contributed by atoms with Crippen LogP contribution in [0.1, 0.15) is 20.8 Å². The number of benzene rings is 1. The maximum atomic E-state index is 12.2. The lowest BCUT2D eigenvalue weighted by Gasteiger charge is -2.39. The Morgan fingerprint density at radius 3 is 2.62 bits per heavy atom. The number of rotatable bonds is 6. The summed E-state index contributed by atoms with van der Waals surface area (Å²) in [6.07, 6.45) is 0. The number of aliphatic imine (C=N–C) groups is 1. The van der Waals surface area contributed by atoms with E-state index in [1.807, 2.05) is 18.7 Å². The van der Waals surface area contributed by atoms with Crippen molar-refractivity contribution in [3.63, 3.8) is 0 Å². The summed E-state index contributed by atoms with van der Waals surface area (Å²) in [6, 6.07) is 8.40. The van der Waals surface area contributed by atoms with Crippen LogP contribution >= 0.6 is 35.7 Å². The van der Waals surface area contributed by atoms with E-state index in [1.54, 1.807) is 30.3 Å². The predicted molar refractivity (Wildman–Crippen MR) is 121 cm³/mol. The second-order valence-corrected chi connectivity index (χ2v) is 10.0. The topological polar surface area (TPSA) is 73.8 Å². The lowest BCUT2D eigenvalue weighted by molar-refractivity contribution is 0.376. The van der Waals surface area contributed by atoms with Gasteiger partial charge in [-0.1, -0.05) is 18.2 Å². The van der Waals surface area contributed by atoms with Crippen molar-refractivity contribution >= 4 is 51.7 Å². The van der Waals surface area contributed by atoms with E-state index < -0.39 is 10.0 Å². The Labute approximate surface area is 178 Å². The maximum absolute atomic E-state index is 12.2. The molecular formula is C17H29IN4O2S2. The molecule has 0 radical (unpaired) electrons. The predicted octanol–water partition coefficient (Wildman–Crippen LogP) is 2.38. The molecule has 1 aliphatic heterocycles. The summed E-state index contributed by atoms with van der Waals surface area (Å²) in [5.74, 6) is 1.92. The van der Waals surface area contributed by atoms with E-state index in [9.17, 15) is 8.42 Å². The molecule has 0 spiro atoms. The van der Waals surface area contributed by atoms with Gasteiger partial charge in [0.25, 0.3) is 0 Å². The van der Waals surface area contributed by atoms with Crippen molar-refractivity contribution in [3.8, 4) is 0 Å². The first-order valence-corrected chi connectivity index (χ1v) is 11.0. The molecule has 0 aliphatic carbocycles. The minimum Gasteiger partial charge on any atom is -0.357 e. The number of halogens is 1. The fourth-order valence-corrected chi connectivity index (χ4v) is 4.80. The zero-order valence-corrected chi connectivity index (χ0v) is 19.5. The van der Waals surface area contributed by atoms with Gasteiger partial charge in [0, 0.05) is 36.7 Å². The molecule has 9 heteroatoms. The van der Waals surface area contributed by atoms with Crippen LogP contribution in [0, 0.1) is 0 Å². The van der Waals surface area contributed by atoms with Crippen LogP contribution in [0.3, 0.4) is 0 Å². The third-order valence-corrected chi connectivity index (χ3v) is 6.55. The van der Waals surface area contributed by atoms with Gasteiger partial charge in [-0.3, -0.25) is 4.99 Å². The average molecular weight is 512 g/mol.